The van der Waals surface area contributed by atoms with Crippen molar-refractivity contribution in [1.29, 1.82) is 0 Å². The van der Waals surface area contributed by atoms with Crippen molar-refractivity contribution in [2.75, 3.05) is 5.73 Å². The average Bonchev–Trinajstić information content (AvgIpc) is 2.46. The van der Waals surface area contributed by atoms with E-state index in [-0.39, 0.29) is 0 Å². The van der Waals surface area contributed by atoms with Gasteiger partial charge in [0.2, 0.25) is 0 Å². The standard InChI is InChI=1S/C9H11N3.C2H6/c1-6-5-12(2)9-8(6)3-7(10)4-11-9;1-2/h3-5H,10H2,1-2H3;1-2H3. The zero-order valence-corrected chi connectivity index (χ0v) is 9.20. The molecule has 0 aliphatic carbocycles. The second-order valence-electron chi connectivity index (χ2n) is 3.06. The van der Waals surface area contributed by atoms with Crippen LogP contribution in [0.4, 0.5) is 5.69 Å². The fourth-order valence-electron chi connectivity index (χ4n) is 1.47. The molecule has 0 saturated carbocycles. The van der Waals surface area contributed by atoms with Crippen LogP contribution in [0.1, 0.15) is 19.4 Å². The van der Waals surface area contributed by atoms with Gasteiger partial charge in [0.15, 0.2) is 0 Å². The molecule has 0 spiro atoms. The molecule has 76 valence electrons. The Balaban J connectivity index is 0.000000461. The Morgan fingerprint density at radius 3 is 2.64 bits per heavy atom. The van der Waals surface area contributed by atoms with E-state index in [1.165, 1.54) is 5.56 Å². The minimum absolute atomic E-state index is 0.719. The Morgan fingerprint density at radius 1 is 1.36 bits per heavy atom. The summed E-state index contributed by atoms with van der Waals surface area (Å²) < 4.78 is 2.00. The first-order valence-electron chi connectivity index (χ1n) is 4.85. The number of nitrogen functional groups attached to an aromatic ring is 1. The summed E-state index contributed by atoms with van der Waals surface area (Å²) in [6.07, 6.45) is 3.74. The lowest BCUT2D eigenvalue weighted by Crippen LogP contribution is -1.89. The van der Waals surface area contributed by atoms with Crippen LogP contribution >= 0.6 is 0 Å². The van der Waals surface area contributed by atoms with Gasteiger partial charge in [-0.2, -0.15) is 0 Å². The number of nitrogens with zero attached hydrogens (tertiary/aromatic N) is 2. The molecule has 0 aromatic carbocycles. The van der Waals surface area contributed by atoms with Gasteiger partial charge in [-0.1, -0.05) is 13.8 Å². The highest BCUT2D eigenvalue weighted by atomic mass is 15.0. The van der Waals surface area contributed by atoms with Crippen LogP contribution in [0.15, 0.2) is 18.5 Å². The summed E-state index contributed by atoms with van der Waals surface area (Å²) in [4.78, 5) is 4.24. The highest BCUT2D eigenvalue weighted by Gasteiger charge is 2.03. The summed E-state index contributed by atoms with van der Waals surface area (Å²) in [7, 11) is 1.98. The minimum atomic E-state index is 0.719. The third-order valence-corrected chi connectivity index (χ3v) is 2.03. The van der Waals surface area contributed by atoms with Crippen LogP contribution in [0.25, 0.3) is 11.0 Å². The number of aryl methyl sites for hydroxylation is 2. The Bertz CT molecular complexity index is 429. The van der Waals surface area contributed by atoms with Gasteiger partial charge < -0.3 is 10.3 Å². The van der Waals surface area contributed by atoms with Gasteiger partial charge in [-0.15, -0.1) is 0 Å². The van der Waals surface area contributed by atoms with Gasteiger partial charge in [-0.3, -0.25) is 0 Å². The van der Waals surface area contributed by atoms with Crippen molar-refractivity contribution >= 4 is 16.7 Å². The van der Waals surface area contributed by atoms with Gasteiger partial charge in [0.1, 0.15) is 5.65 Å². The van der Waals surface area contributed by atoms with E-state index >= 15 is 0 Å². The molecule has 0 saturated heterocycles. The van der Waals surface area contributed by atoms with E-state index in [0.29, 0.717) is 0 Å². The molecule has 0 aliphatic rings. The zero-order chi connectivity index (χ0) is 10.7. The first kappa shape index (κ1) is 10.6. The quantitative estimate of drug-likeness (QED) is 0.695. The molecule has 0 unspecified atom stereocenters. The van der Waals surface area contributed by atoms with Crippen molar-refractivity contribution in [3.05, 3.63) is 24.0 Å². The number of rotatable bonds is 0. The molecule has 0 bridgehead atoms. The molecule has 2 rings (SSSR count). The lowest BCUT2D eigenvalue weighted by atomic mass is 10.2. The molecule has 2 heterocycles. The zero-order valence-electron chi connectivity index (χ0n) is 9.20. The predicted octanol–water partition coefficient (Wildman–Crippen LogP) is 2.49. The molecule has 0 atom stereocenters. The summed E-state index contributed by atoms with van der Waals surface area (Å²) in [5.41, 5.74) is 8.55. The number of pyridine rings is 1. The minimum Gasteiger partial charge on any atom is -0.397 e. The number of nitrogens with two attached hydrogens (primary N) is 1. The first-order valence-corrected chi connectivity index (χ1v) is 4.85. The van der Waals surface area contributed by atoms with Crippen LogP contribution in [0.3, 0.4) is 0 Å². The topological polar surface area (TPSA) is 43.8 Å². The summed E-state index contributed by atoms with van der Waals surface area (Å²) in [5, 5.41) is 1.14. The van der Waals surface area contributed by atoms with Crippen LogP contribution in [-0.2, 0) is 7.05 Å². The van der Waals surface area contributed by atoms with E-state index in [1.807, 2.05) is 31.5 Å². The Morgan fingerprint density at radius 2 is 2.00 bits per heavy atom. The second-order valence-corrected chi connectivity index (χ2v) is 3.06. The van der Waals surface area contributed by atoms with E-state index < -0.39 is 0 Å². The van der Waals surface area contributed by atoms with Gasteiger partial charge in [-0.05, 0) is 18.6 Å². The van der Waals surface area contributed by atoms with Crippen LogP contribution in [0.5, 0.6) is 0 Å². The fourth-order valence-corrected chi connectivity index (χ4v) is 1.47. The highest BCUT2D eigenvalue weighted by Crippen LogP contribution is 2.19. The smallest absolute Gasteiger partial charge is 0.140 e. The monoisotopic (exact) mass is 191 g/mol. The lowest BCUT2D eigenvalue weighted by molar-refractivity contribution is 0.944. The average molecular weight is 191 g/mol. The largest absolute Gasteiger partial charge is 0.397 e. The van der Waals surface area contributed by atoms with Crippen LogP contribution in [0.2, 0.25) is 0 Å². The summed E-state index contributed by atoms with van der Waals surface area (Å²) in [6, 6.07) is 1.96. The van der Waals surface area contributed by atoms with E-state index in [1.54, 1.807) is 6.20 Å². The van der Waals surface area contributed by atoms with Crippen molar-refractivity contribution < 1.29 is 0 Å². The summed E-state index contributed by atoms with van der Waals surface area (Å²) in [6.45, 7) is 6.06. The molecule has 2 N–H and O–H groups in total. The fraction of sp³-hybridized carbons (Fsp3) is 0.364. The highest BCUT2D eigenvalue weighted by molar-refractivity contribution is 5.82. The van der Waals surface area contributed by atoms with Crippen LogP contribution in [-0.4, -0.2) is 9.55 Å². The SMILES string of the molecule is CC.Cc1cn(C)c2ncc(N)cc12. The van der Waals surface area contributed by atoms with Crippen molar-refractivity contribution in [2.24, 2.45) is 7.05 Å². The second kappa shape index (κ2) is 4.13. The number of aromatic nitrogens is 2. The molecule has 0 amide bonds. The van der Waals surface area contributed by atoms with E-state index in [4.69, 9.17) is 5.73 Å². The van der Waals surface area contributed by atoms with Crippen molar-refractivity contribution in [1.82, 2.24) is 9.55 Å². The van der Waals surface area contributed by atoms with Gasteiger partial charge in [0, 0.05) is 18.6 Å². The van der Waals surface area contributed by atoms with E-state index in [9.17, 15) is 0 Å². The Labute approximate surface area is 84.6 Å². The van der Waals surface area contributed by atoms with Crippen molar-refractivity contribution in [2.45, 2.75) is 20.8 Å². The Hall–Kier alpha value is -1.51. The predicted molar refractivity (Wildman–Crippen MR) is 61.2 cm³/mol. The maximum Gasteiger partial charge on any atom is 0.140 e. The van der Waals surface area contributed by atoms with E-state index in [0.717, 1.165) is 16.7 Å². The van der Waals surface area contributed by atoms with Gasteiger partial charge in [0.05, 0.1) is 11.9 Å². The normalized spacial score (nSPS) is 9.71. The number of anilines is 1. The molecule has 3 nitrogen and oxygen atoms in total. The molecule has 3 heteroatoms. The van der Waals surface area contributed by atoms with Crippen LogP contribution < -0.4 is 5.73 Å². The first-order chi connectivity index (χ1) is 6.68. The molecule has 14 heavy (non-hydrogen) atoms. The molecular weight excluding hydrogens is 174 g/mol. The van der Waals surface area contributed by atoms with Gasteiger partial charge in [-0.25, -0.2) is 4.98 Å². The van der Waals surface area contributed by atoms with Crippen molar-refractivity contribution in [3.8, 4) is 0 Å². The molecule has 0 fully saturated rings. The van der Waals surface area contributed by atoms with Crippen molar-refractivity contribution in [3.63, 3.8) is 0 Å². The summed E-state index contributed by atoms with van der Waals surface area (Å²) >= 11 is 0. The van der Waals surface area contributed by atoms with Gasteiger partial charge >= 0.3 is 0 Å². The molecule has 2 aromatic rings. The molecular formula is C11H17N3. The lowest BCUT2D eigenvalue weighted by Gasteiger charge is -1.95. The summed E-state index contributed by atoms with van der Waals surface area (Å²) in [5.74, 6) is 0. The van der Waals surface area contributed by atoms with Crippen LogP contribution in [0, 0.1) is 6.92 Å². The molecule has 2 aromatic heterocycles. The number of fused-ring (bicyclic) bond motifs is 1. The maximum atomic E-state index is 5.63. The number of hydrogen-bond acceptors (Lipinski definition) is 2. The molecule has 0 aliphatic heterocycles. The third-order valence-electron chi connectivity index (χ3n) is 2.03. The van der Waals surface area contributed by atoms with E-state index in [2.05, 4.69) is 18.1 Å². The maximum absolute atomic E-state index is 5.63. The Kier molecular flexibility index (Phi) is 3.12. The third kappa shape index (κ3) is 1.71. The molecule has 0 radical (unpaired) electrons. The van der Waals surface area contributed by atoms with Gasteiger partial charge in [0.25, 0.3) is 0 Å². The number of hydrogen-bond donors (Lipinski definition) is 1.